The minimum atomic E-state index is -4.21. The van der Waals surface area contributed by atoms with Crippen molar-refractivity contribution in [2.24, 2.45) is 0 Å². The van der Waals surface area contributed by atoms with Crippen molar-refractivity contribution in [1.82, 2.24) is 0 Å². The first-order valence-electron chi connectivity index (χ1n) is 8.35. The molecule has 2 amide bonds. The maximum atomic E-state index is 12.3. The molecular weight excluding hydrogens is 396 g/mol. The smallest absolute Gasteiger partial charge is 0.339 e. The fourth-order valence-corrected chi connectivity index (χ4v) is 3.38. The molecule has 0 aromatic heterocycles. The Bertz CT molecular complexity index is 1130. The van der Waals surface area contributed by atoms with Crippen molar-refractivity contribution in [1.29, 1.82) is 0 Å². The van der Waals surface area contributed by atoms with Crippen molar-refractivity contribution in [3.05, 3.63) is 84.4 Å². The van der Waals surface area contributed by atoms with Crippen LogP contribution in [-0.4, -0.2) is 25.5 Å². The number of hydrogen-bond acceptors (Lipinski definition) is 5. The van der Waals surface area contributed by atoms with Crippen molar-refractivity contribution >= 4 is 33.5 Å². The van der Waals surface area contributed by atoms with Gasteiger partial charge in [0.2, 0.25) is 0 Å². The van der Waals surface area contributed by atoms with Crippen LogP contribution in [0.5, 0.6) is 5.75 Å². The Labute approximate surface area is 166 Å². The predicted octanol–water partition coefficient (Wildman–Crippen LogP) is 3.80. The third kappa shape index (κ3) is 5.11. The summed E-state index contributed by atoms with van der Waals surface area (Å²) in [7, 11) is -4.21. The zero-order chi connectivity index (χ0) is 20.9. The second-order valence-electron chi connectivity index (χ2n) is 5.81. The standard InChI is InChI=1S/C20H16N2O6S/c23-19(24)17-13-15(22-20(25)21-14-7-3-1-4-8-14)11-12-18(17)28-29(26,27)16-9-5-2-6-10-16/h1-13H,(H,23,24)(H2,21,22,25). The van der Waals surface area contributed by atoms with Crippen molar-refractivity contribution < 1.29 is 27.3 Å². The van der Waals surface area contributed by atoms with Gasteiger partial charge in [-0.2, -0.15) is 8.42 Å². The number of amides is 2. The van der Waals surface area contributed by atoms with Crippen molar-refractivity contribution in [2.45, 2.75) is 4.90 Å². The van der Waals surface area contributed by atoms with Gasteiger partial charge >= 0.3 is 22.1 Å². The largest absolute Gasteiger partial charge is 0.478 e. The molecule has 8 nitrogen and oxygen atoms in total. The van der Waals surface area contributed by atoms with Gasteiger partial charge in [0.15, 0.2) is 5.75 Å². The summed E-state index contributed by atoms with van der Waals surface area (Å²) in [5, 5.41) is 14.5. The summed E-state index contributed by atoms with van der Waals surface area (Å²) >= 11 is 0. The van der Waals surface area contributed by atoms with E-state index in [0.717, 1.165) is 6.07 Å². The quantitative estimate of drug-likeness (QED) is 0.530. The SMILES string of the molecule is O=C(Nc1ccccc1)Nc1ccc(OS(=O)(=O)c2ccccc2)c(C(=O)O)c1. The van der Waals surface area contributed by atoms with E-state index in [0.29, 0.717) is 5.69 Å². The first kappa shape index (κ1) is 19.9. The van der Waals surface area contributed by atoms with E-state index in [2.05, 4.69) is 10.6 Å². The number of urea groups is 1. The maximum absolute atomic E-state index is 12.3. The summed E-state index contributed by atoms with van der Waals surface area (Å²) in [5.41, 5.74) is 0.291. The lowest BCUT2D eigenvalue weighted by Crippen LogP contribution is -2.20. The molecule has 0 saturated heterocycles. The molecule has 148 valence electrons. The molecule has 29 heavy (non-hydrogen) atoms. The average molecular weight is 412 g/mol. The number of hydrogen-bond donors (Lipinski definition) is 3. The molecule has 0 saturated carbocycles. The van der Waals surface area contributed by atoms with Gasteiger partial charge in [-0.05, 0) is 42.5 Å². The Kier molecular flexibility index (Phi) is 5.79. The van der Waals surface area contributed by atoms with Crippen LogP contribution in [0.2, 0.25) is 0 Å². The van der Waals surface area contributed by atoms with Crippen LogP contribution in [0, 0.1) is 0 Å². The van der Waals surface area contributed by atoms with Crippen LogP contribution in [0.3, 0.4) is 0 Å². The van der Waals surface area contributed by atoms with Crippen molar-refractivity contribution in [2.75, 3.05) is 10.6 Å². The molecule has 0 unspecified atom stereocenters. The summed E-state index contributed by atoms with van der Waals surface area (Å²) in [6.45, 7) is 0. The lowest BCUT2D eigenvalue weighted by Gasteiger charge is -2.12. The highest BCUT2D eigenvalue weighted by Gasteiger charge is 2.21. The summed E-state index contributed by atoms with van der Waals surface area (Å²) in [6, 6.07) is 19.1. The summed E-state index contributed by atoms with van der Waals surface area (Å²) < 4.78 is 29.7. The van der Waals surface area contributed by atoms with Crippen molar-refractivity contribution in [3.63, 3.8) is 0 Å². The van der Waals surface area contributed by atoms with E-state index in [1.807, 2.05) is 0 Å². The van der Waals surface area contributed by atoms with Crippen LogP contribution < -0.4 is 14.8 Å². The topological polar surface area (TPSA) is 122 Å². The Hall–Kier alpha value is -3.85. The van der Waals surface area contributed by atoms with E-state index in [9.17, 15) is 23.1 Å². The molecule has 3 aromatic rings. The number of carboxylic acids is 1. The third-order valence-electron chi connectivity index (χ3n) is 3.73. The number of nitrogens with one attached hydrogen (secondary N) is 2. The molecule has 0 aliphatic heterocycles. The zero-order valence-corrected chi connectivity index (χ0v) is 15.7. The van der Waals surface area contributed by atoms with Crippen LogP contribution in [0.1, 0.15) is 10.4 Å². The fraction of sp³-hybridized carbons (Fsp3) is 0. The number of carbonyl (C=O) groups is 2. The van der Waals surface area contributed by atoms with Crippen LogP contribution in [0.4, 0.5) is 16.2 Å². The Morgan fingerprint density at radius 1 is 0.793 bits per heavy atom. The monoisotopic (exact) mass is 412 g/mol. The van der Waals surface area contributed by atoms with Gasteiger partial charge in [-0.15, -0.1) is 0 Å². The van der Waals surface area contributed by atoms with Crippen LogP contribution >= 0.6 is 0 Å². The highest BCUT2D eigenvalue weighted by Crippen LogP contribution is 2.26. The number of benzene rings is 3. The van der Waals surface area contributed by atoms with Gasteiger partial charge in [0.25, 0.3) is 0 Å². The average Bonchev–Trinajstić information content (AvgIpc) is 2.70. The van der Waals surface area contributed by atoms with Gasteiger partial charge < -0.3 is 19.9 Å². The lowest BCUT2D eigenvalue weighted by atomic mass is 10.2. The molecule has 0 fully saturated rings. The number of carbonyl (C=O) groups excluding carboxylic acids is 1. The lowest BCUT2D eigenvalue weighted by molar-refractivity contribution is 0.0695. The van der Waals surface area contributed by atoms with E-state index < -0.39 is 27.7 Å². The normalized spacial score (nSPS) is 10.8. The summed E-state index contributed by atoms with van der Waals surface area (Å²) in [5.74, 6) is -1.77. The van der Waals surface area contributed by atoms with Gasteiger partial charge in [-0.25, -0.2) is 9.59 Å². The third-order valence-corrected chi connectivity index (χ3v) is 4.98. The summed E-state index contributed by atoms with van der Waals surface area (Å²) in [6.07, 6.45) is 0. The van der Waals surface area contributed by atoms with E-state index in [1.54, 1.807) is 36.4 Å². The van der Waals surface area contributed by atoms with Crippen LogP contribution in [-0.2, 0) is 10.1 Å². The molecule has 0 radical (unpaired) electrons. The number of carboxylic acid groups (broad SMARTS) is 1. The molecule has 3 aromatic carbocycles. The minimum absolute atomic E-state index is 0.110. The first-order valence-corrected chi connectivity index (χ1v) is 9.76. The van der Waals surface area contributed by atoms with Gasteiger partial charge in [0, 0.05) is 11.4 Å². The molecule has 0 spiro atoms. The van der Waals surface area contributed by atoms with Crippen LogP contribution in [0.25, 0.3) is 0 Å². The highest BCUT2D eigenvalue weighted by molar-refractivity contribution is 7.87. The number of aromatic carboxylic acids is 1. The van der Waals surface area contributed by atoms with Gasteiger partial charge in [-0.1, -0.05) is 36.4 Å². The first-order chi connectivity index (χ1) is 13.8. The van der Waals surface area contributed by atoms with E-state index >= 15 is 0 Å². The molecule has 0 bridgehead atoms. The van der Waals surface area contributed by atoms with E-state index in [-0.39, 0.29) is 16.3 Å². The number of para-hydroxylation sites is 1. The van der Waals surface area contributed by atoms with Gasteiger partial charge in [0.1, 0.15) is 10.5 Å². The van der Waals surface area contributed by atoms with Gasteiger partial charge in [0.05, 0.1) is 0 Å². The summed E-state index contributed by atoms with van der Waals surface area (Å²) in [4.78, 5) is 23.5. The molecule has 0 atom stereocenters. The second-order valence-corrected chi connectivity index (χ2v) is 7.36. The minimum Gasteiger partial charge on any atom is -0.478 e. The predicted molar refractivity (Wildman–Crippen MR) is 107 cm³/mol. The molecule has 0 heterocycles. The Morgan fingerprint density at radius 3 is 2.00 bits per heavy atom. The second kappa shape index (κ2) is 8.44. The maximum Gasteiger partial charge on any atom is 0.339 e. The van der Waals surface area contributed by atoms with Gasteiger partial charge in [-0.3, -0.25) is 0 Å². The van der Waals surface area contributed by atoms with Crippen LogP contribution in [0.15, 0.2) is 83.8 Å². The highest BCUT2D eigenvalue weighted by atomic mass is 32.2. The zero-order valence-electron chi connectivity index (χ0n) is 14.9. The number of anilines is 2. The molecule has 3 rings (SSSR count). The Balaban J connectivity index is 1.80. The fourth-order valence-electron chi connectivity index (χ4n) is 2.42. The van der Waals surface area contributed by atoms with E-state index in [4.69, 9.17) is 4.18 Å². The molecular formula is C20H16N2O6S. The Morgan fingerprint density at radius 2 is 1.38 bits per heavy atom. The molecule has 0 aliphatic carbocycles. The molecule has 9 heteroatoms. The van der Waals surface area contributed by atoms with Crippen molar-refractivity contribution in [3.8, 4) is 5.75 Å². The van der Waals surface area contributed by atoms with E-state index in [1.165, 1.54) is 36.4 Å². The number of rotatable bonds is 6. The molecule has 0 aliphatic rings. The molecule has 3 N–H and O–H groups in total.